The van der Waals surface area contributed by atoms with Crippen LogP contribution in [-0.4, -0.2) is 16.1 Å². The Bertz CT molecular complexity index is 1220. The average molecular weight is 412 g/mol. The van der Waals surface area contributed by atoms with Crippen LogP contribution in [0.2, 0.25) is 0 Å². The van der Waals surface area contributed by atoms with Crippen molar-refractivity contribution >= 4 is 23.1 Å². The minimum absolute atomic E-state index is 0.187. The highest BCUT2D eigenvalue weighted by molar-refractivity contribution is 6.05. The van der Waals surface area contributed by atoms with Crippen LogP contribution < -0.4 is 10.6 Å². The minimum atomic E-state index is -0.295. The zero-order valence-electron chi connectivity index (χ0n) is 17.2. The van der Waals surface area contributed by atoms with Gasteiger partial charge in [0.25, 0.3) is 5.91 Å². The molecule has 0 saturated heterocycles. The van der Waals surface area contributed by atoms with E-state index in [2.05, 4.69) is 20.8 Å². The first-order chi connectivity index (χ1) is 15.0. The fraction of sp³-hybridized carbons (Fsp3) is 0.0800. The van der Waals surface area contributed by atoms with Gasteiger partial charge in [-0.25, -0.2) is 4.39 Å². The van der Waals surface area contributed by atoms with E-state index in [9.17, 15) is 9.18 Å². The summed E-state index contributed by atoms with van der Waals surface area (Å²) in [7, 11) is 0. The van der Waals surface area contributed by atoms with Crippen LogP contribution in [0.4, 0.5) is 21.6 Å². The van der Waals surface area contributed by atoms with Gasteiger partial charge in [0.1, 0.15) is 5.82 Å². The lowest BCUT2D eigenvalue weighted by atomic mass is 10.1. The molecule has 0 unspecified atom stereocenters. The Hall–Kier alpha value is -4.06. The van der Waals surface area contributed by atoms with Gasteiger partial charge in [-0.1, -0.05) is 23.8 Å². The van der Waals surface area contributed by atoms with Gasteiger partial charge in [0.2, 0.25) is 0 Å². The topological polar surface area (TPSA) is 66.9 Å². The molecule has 31 heavy (non-hydrogen) atoms. The lowest BCUT2D eigenvalue weighted by molar-refractivity contribution is 0.102. The third kappa shape index (κ3) is 4.93. The van der Waals surface area contributed by atoms with Gasteiger partial charge in [-0.2, -0.15) is 0 Å². The molecule has 0 aliphatic carbocycles. The van der Waals surface area contributed by atoms with Gasteiger partial charge in [-0.05, 0) is 80.1 Å². The smallest absolute Gasteiger partial charge is 0.255 e. The van der Waals surface area contributed by atoms with E-state index in [4.69, 9.17) is 0 Å². The van der Waals surface area contributed by atoms with Crippen LogP contribution in [0.5, 0.6) is 0 Å². The van der Waals surface area contributed by atoms with Crippen molar-refractivity contribution in [3.63, 3.8) is 0 Å². The Kier molecular flexibility index (Phi) is 5.71. The largest absolute Gasteiger partial charge is 0.339 e. The van der Waals surface area contributed by atoms with Crippen molar-refractivity contribution in [2.24, 2.45) is 0 Å². The Morgan fingerprint density at radius 2 is 1.68 bits per heavy atom. The van der Waals surface area contributed by atoms with Gasteiger partial charge in [0, 0.05) is 22.5 Å². The first-order valence-electron chi connectivity index (χ1n) is 9.83. The van der Waals surface area contributed by atoms with Gasteiger partial charge in [0.15, 0.2) is 5.82 Å². The molecule has 0 bridgehead atoms. The van der Waals surface area contributed by atoms with Crippen LogP contribution >= 0.6 is 0 Å². The molecule has 0 aliphatic heterocycles. The van der Waals surface area contributed by atoms with E-state index in [0.717, 1.165) is 28.1 Å². The predicted molar refractivity (Wildman–Crippen MR) is 121 cm³/mol. The van der Waals surface area contributed by atoms with Gasteiger partial charge < -0.3 is 10.6 Å². The normalized spacial score (nSPS) is 10.5. The van der Waals surface area contributed by atoms with Crippen LogP contribution in [0.1, 0.15) is 21.5 Å². The summed E-state index contributed by atoms with van der Waals surface area (Å²) in [6, 6.07) is 22.8. The molecule has 1 heterocycles. The van der Waals surface area contributed by atoms with Crippen molar-refractivity contribution in [1.29, 1.82) is 0 Å². The maximum Gasteiger partial charge on any atom is 0.255 e. The molecule has 0 fully saturated rings. The number of anilines is 3. The molecular formula is C25H21FN4O. The molecule has 1 aromatic heterocycles. The molecule has 0 spiro atoms. The van der Waals surface area contributed by atoms with Crippen LogP contribution in [0, 0.1) is 19.7 Å². The minimum Gasteiger partial charge on any atom is -0.339 e. The van der Waals surface area contributed by atoms with Crippen molar-refractivity contribution < 1.29 is 9.18 Å². The Labute approximate surface area is 180 Å². The number of amides is 1. The quantitative estimate of drug-likeness (QED) is 0.429. The van der Waals surface area contributed by atoms with Crippen LogP contribution in [0.3, 0.4) is 0 Å². The van der Waals surface area contributed by atoms with E-state index >= 15 is 0 Å². The molecule has 5 nitrogen and oxygen atoms in total. The second-order valence-electron chi connectivity index (χ2n) is 7.29. The van der Waals surface area contributed by atoms with Crippen molar-refractivity contribution in [1.82, 2.24) is 10.2 Å². The zero-order valence-corrected chi connectivity index (χ0v) is 17.2. The van der Waals surface area contributed by atoms with Gasteiger partial charge in [0.05, 0.1) is 5.69 Å². The monoisotopic (exact) mass is 412 g/mol. The molecule has 6 heteroatoms. The molecule has 4 rings (SSSR count). The van der Waals surface area contributed by atoms with E-state index in [1.807, 2.05) is 38.1 Å². The first-order valence-corrected chi connectivity index (χ1v) is 9.83. The summed E-state index contributed by atoms with van der Waals surface area (Å²) in [5.74, 6) is 0.0580. The van der Waals surface area contributed by atoms with Crippen molar-refractivity contribution in [2.45, 2.75) is 13.8 Å². The Morgan fingerprint density at radius 3 is 2.39 bits per heavy atom. The number of nitrogens with zero attached hydrogens (tertiary/aromatic N) is 2. The molecule has 2 N–H and O–H groups in total. The molecule has 0 saturated carbocycles. The third-order valence-corrected chi connectivity index (χ3v) is 4.83. The van der Waals surface area contributed by atoms with Crippen LogP contribution in [0.15, 0.2) is 78.9 Å². The third-order valence-electron chi connectivity index (χ3n) is 4.83. The maximum absolute atomic E-state index is 13.1. The number of rotatable bonds is 5. The summed E-state index contributed by atoms with van der Waals surface area (Å²) in [6.07, 6.45) is 0. The van der Waals surface area contributed by atoms with E-state index in [0.29, 0.717) is 17.1 Å². The highest BCUT2D eigenvalue weighted by Crippen LogP contribution is 2.21. The fourth-order valence-electron chi connectivity index (χ4n) is 3.21. The summed E-state index contributed by atoms with van der Waals surface area (Å²) in [5.41, 5.74) is 5.62. The number of benzene rings is 3. The zero-order chi connectivity index (χ0) is 21.8. The van der Waals surface area contributed by atoms with Crippen molar-refractivity contribution in [3.05, 3.63) is 101 Å². The highest BCUT2D eigenvalue weighted by Gasteiger charge is 2.09. The van der Waals surface area contributed by atoms with Gasteiger partial charge in [-0.15, -0.1) is 10.2 Å². The lowest BCUT2D eigenvalue weighted by Crippen LogP contribution is -2.13. The molecule has 4 aromatic rings. The van der Waals surface area contributed by atoms with E-state index in [1.54, 1.807) is 42.5 Å². The number of halogens is 1. The van der Waals surface area contributed by atoms with E-state index in [-0.39, 0.29) is 11.7 Å². The molecule has 0 radical (unpaired) electrons. The lowest BCUT2D eigenvalue weighted by Gasteiger charge is -2.11. The summed E-state index contributed by atoms with van der Waals surface area (Å²) in [5, 5.41) is 14.5. The molecule has 154 valence electrons. The maximum atomic E-state index is 13.1. The standard InChI is InChI=1S/C25H21FN4O/c1-16-6-11-22(17(2)14-16)28-25(31)19-4-3-5-21(15-19)27-24-13-12-23(29-30-24)18-7-9-20(26)10-8-18/h3-15H,1-2H3,(H,27,30)(H,28,31). The van der Waals surface area contributed by atoms with Gasteiger partial charge in [-0.3, -0.25) is 4.79 Å². The van der Waals surface area contributed by atoms with E-state index < -0.39 is 0 Å². The number of hydrogen-bond donors (Lipinski definition) is 2. The number of carbonyl (C=O) groups is 1. The average Bonchev–Trinajstić information content (AvgIpc) is 2.77. The molecule has 0 atom stereocenters. The van der Waals surface area contributed by atoms with Crippen molar-refractivity contribution in [2.75, 3.05) is 10.6 Å². The van der Waals surface area contributed by atoms with Crippen LogP contribution in [-0.2, 0) is 0 Å². The summed E-state index contributed by atoms with van der Waals surface area (Å²) >= 11 is 0. The molecule has 1 amide bonds. The Balaban J connectivity index is 1.46. The summed E-state index contributed by atoms with van der Waals surface area (Å²) in [4.78, 5) is 12.7. The van der Waals surface area contributed by atoms with Crippen LogP contribution in [0.25, 0.3) is 11.3 Å². The molecule has 0 aliphatic rings. The van der Waals surface area contributed by atoms with Crippen molar-refractivity contribution in [3.8, 4) is 11.3 Å². The number of carbonyl (C=O) groups excluding carboxylic acids is 1. The molecular weight excluding hydrogens is 391 g/mol. The first kappa shape index (κ1) is 20.2. The van der Waals surface area contributed by atoms with E-state index in [1.165, 1.54) is 12.1 Å². The number of aromatic nitrogens is 2. The molecule has 3 aromatic carbocycles. The number of hydrogen-bond acceptors (Lipinski definition) is 4. The highest BCUT2D eigenvalue weighted by atomic mass is 19.1. The van der Waals surface area contributed by atoms with Gasteiger partial charge >= 0.3 is 0 Å². The summed E-state index contributed by atoms with van der Waals surface area (Å²) in [6.45, 7) is 3.98. The second kappa shape index (κ2) is 8.75. The number of nitrogens with one attached hydrogen (secondary N) is 2. The fourth-order valence-corrected chi connectivity index (χ4v) is 3.21. The predicted octanol–water partition coefficient (Wildman–Crippen LogP) is 5.90. The summed E-state index contributed by atoms with van der Waals surface area (Å²) < 4.78 is 13.1. The Morgan fingerprint density at radius 1 is 0.871 bits per heavy atom. The second-order valence-corrected chi connectivity index (χ2v) is 7.29. The number of aryl methyl sites for hydroxylation is 2. The SMILES string of the molecule is Cc1ccc(NC(=O)c2cccc(Nc3ccc(-c4ccc(F)cc4)nn3)c2)c(C)c1.